The van der Waals surface area contributed by atoms with Gasteiger partial charge in [0.1, 0.15) is 5.75 Å². The van der Waals surface area contributed by atoms with Gasteiger partial charge in [0.25, 0.3) is 5.91 Å². The van der Waals surface area contributed by atoms with Gasteiger partial charge in [0, 0.05) is 28.6 Å². The van der Waals surface area contributed by atoms with Gasteiger partial charge in [0.15, 0.2) is 6.61 Å². The highest BCUT2D eigenvalue weighted by Gasteiger charge is 2.21. The van der Waals surface area contributed by atoms with Crippen molar-refractivity contribution in [2.45, 2.75) is 11.1 Å². The van der Waals surface area contributed by atoms with Crippen LogP contribution in [-0.4, -0.2) is 24.0 Å². The Morgan fingerprint density at radius 3 is 2.62 bits per heavy atom. The van der Waals surface area contributed by atoms with Crippen LogP contribution in [0.25, 0.3) is 0 Å². The van der Waals surface area contributed by atoms with E-state index in [1.54, 1.807) is 0 Å². The molecule has 24 heavy (non-hydrogen) atoms. The lowest BCUT2D eigenvalue weighted by atomic mass is 10.2. The van der Waals surface area contributed by atoms with E-state index in [-0.39, 0.29) is 12.5 Å². The average molecular weight is 380 g/mol. The van der Waals surface area contributed by atoms with Crippen LogP contribution in [0.5, 0.6) is 5.75 Å². The first-order valence-corrected chi connectivity index (χ1v) is 10.2. The third-order valence-electron chi connectivity index (χ3n) is 3.59. The van der Waals surface area contributed by atoms with Gasteiger partial charge in [-0.05, 0) is 17.7 Å². The highest BCUT2D eigenvalue weighted by molar-refractivity contribution is 8.19. The molecule has 0 unspecified atom stereocenters. The summed E-state index contributed by atoms with van der Waals surface area (Å²) in [5.74, 6) is 2.94. The quantitative estimate of drug-likeness (QED) is 0.801. The number of carbonyl (C=O) groups is 1. The van der Waals surface area contributed by atoms with E-state index in [4.69, 9.17) is 16.3 Å². The van der Waals surface area contributed by atoms with Crippen molar-refractivity contribution in [2.24, 2.45) is 0 Å². The molecule has 1 fully saturated rings. The maximum Gasteiger partial charge on any atom is 0.258 e. The first kappa shape index (κ1) is 17.5. The lowest BCUT2D eigenvalue weighted by molar-refractivity contribution is -0.123. The van der Waals surface area contributed by atoms with Crippen molar-refractivity contribution < 1.29 is 9.53 Å². The number of para-hydroxylation sites is 1. The third kappa shape index (κ3) is 4.62. The maximum atomic E-state index is 12.0. The molecule has 3 rings (SSSR count). The number of nitrogens with one attached hydrogen (secondary N) is 1. The second kappa shape index (κ2) is 8.70. The number of benzene rings is 2. The molecule has 3 nitrogen and oxygen atoms in total. The molecule has 2 aromatic rings. The molecule has 0 spiro atoms. The van der Waals surface area contributed by atoms with Crippen molar-refractivity contribution in [1.82, 2.24) is 5.32 Å². The summed E-state index contributed by atoms with van der Waals surface area (Å²) in [6, 6.07) is 15.4. The second-order valence-corrected chi connectivity index (χ2v) is 8.40. The van der Waals surface area contributed by atoms with Crippen LogP contribution in [0.2, 0.25) is 5.02 Å². The molecule has 0 aliphatic carbocycles. The summed E-state index contributed by atoms with van der Waals surface area (Å²) >= 11 is 9.93. The lowest BCUT2D eigenvalue weighted by Crippen LogP contribution is -2.28. The van der Waals surface area contributed by atoms with Crippen molar-refractivity contribution in [3.05, 3.63) is 64.7 Å². The Hall–Kier alpha value is -1.30. The number of carbonyl (C=O) groups excluding carboxylic acids is 1. The summed E-state index contributed by atoms with van der Waals surface area (Å²) in [5, 5.41) is 3.49. The van der Waals surface area contributed by atoms with E-state index >= 15 is 0 Å². The zero-order valence-electron chi connectivity index (χ0n) is 13.0. The molecule has 0 aromatic heterocycles. The van der Waals surface area contributed by atoms with E-state index in [0.717, 1.165) is 28.4 Å². The Bertz CT molecular complexity index is 705. The largest absolute Gasteiger partial charge is 0.483 e. The van der Waals surface area contributed by atoms with Crippen molar-refractivity contribution in [3.63, 3.8) is 0 Å². The van der Waals surface area contributed by atoms with E-state index < -0.39 is 0 Å². The molecule has 1 saturated heterocycles. The van der Waals surface area contributed by atoms with Gasteiger partial charge in [0.2, 0.25) is 0 Å². The monoisotopic (exact) mass is 379 g/mol. The van der Waals surface area contributed by atoms with E-state index in [2.05, 4.69) is 11.4 Å². The first-order valence-electron chi connectivity index (χ1n) is 7.69. The van der Waals surface area contributed by atoms with Gasteiger partial charge >= 0.3 is 0 Å². The standard InChI is InChI=1S/C18H18ClNO2S2/c19-15-7-3-1-5-13(15)11-20-17(21)12-22-16-8-4-2-6-14(16)18-23-9-10-24-18/h1-8,18H,9-12H2,(H,20,21). The highest BCUT2D eigenvalue weighted by Crippen LogP contribution is 2.48. The Kier molecular flexibility index (Phi) is 6.35. The Morgan fingerprint density at radius 1 is 1.12 bits per heavy atom. The normalized spacial score (nSPS) is 14.5. The Balaban J connectivity index is 1.54. The maximum absolute atomic E-state index is 12.0. The first-order chi connectivity index (χ1) is 11.7. The Morgan fingerprint density at radius 2 is 1.83 bits per heavy atom. The molecule has 2 aromatic carbocycles. The van der Waals surface area contributed by atoms with Crippen LogP contribution in [0.3, 0.4) is 0 Å². The number of hydrogen-bond donors (Lipinski definition) is 1. The summed E-state index contributed by atoms with van der Waals surface area (Å²) in [6.07, 6.45) is 0. The van der Waals surface area contributed by atoms with Gasteiger partial charge in [-0.3, -0.25) is 4.79 Å². The molecular weight excluding hydrogens is 362 g/mol. The van der Waals surface area contributed by atoms with Crippen LogP contribution < -0.4 is 10.1 Å². The summed E-state index contributed by atoms with van der Waals surface area (Å²) in [6.45, 7) is 0.404. The second-order valence-electron chi connectivity index (χ2n) is 5.27. The zero-order chi connectivity index (χ0) is 16.8. The van der Waals surface area contributed by atoms with Gasteiger partial charge in [-0.2, -0.15) is 0 Å². The SMILES string of the molecule is O=C(COc1ccccc1C1SCCS1)NCc1ccccc1Cl. The van der Waals surface area contributed by atoms with Crippen LogP contribution >= 0.6 is 35.1 Å². The van der Waals surface area contributed by atoms with Crippen molar-refractivity contribution >= 4 is 41.0 Å². The molecule has 0 saturated carbocycles. The lowest BCUT2D eigenvalue weighted by Gasteiger charge is -2.15. The molecular formula is C18H18ClNO2S2. The predicted molar refractivity (Wildman–Crippen MR) is 103 cm³/mol. The minimum absolute atomic E-state index is 0.00349. The molecule has 0 radical (unpaired) electrons. The fourth-order valence-corrected chi connectivity index (χ4v) is 5.49. The van der Waals surface area contributed by atoms with E-state index in [9.17, 15) is 4.79 Å². The smallest absolute Gasteiger partial charge is 0.258 e. The van der Waals surface area contributed by atoms with Crippen molar-refractivity contribution in [3.8, 4) is 5.75 Å². The van der Waals surface area contributed by atoms with Crippen LogP contribution in [0.15, 0.2) is 48.5 Å². The van der Waals surface area contributed by atoms with Crippen LogP contribution in [0.1, 0.15) is 15.7 Å². The topological polar surface area (TPSA) is 38.3 Å². The Labute approximate surface area is 155 Å². The summed E-state index contributed by atoms with van der Waals surface area (Å²) in [5.41, 5.74) is 2.05. The number of rotatable bonds is 6. The van der Waals surface area contributed by atoms with E-state index in [1.165, 1.54) is 0 Å². The fraction of sp³-hybridized carbons (Fsp3) is 0.278. The molecule has 1 aliphatic heterocycles. The molecule has 1 N–H and O–H groups in total. The van der Waals surface area contributed by atoms with E-state index in [1.807, 2.05) is 66.0 Å². The molecule has 126 valence electrons. The summed E-state index contributed by atoms with van der Waals surface area (Å²) < 4.78 is 6.15. The predicted octanol–water partition coefficient (Wildman–Crippen LogP) is 4.51. The average Bonchev–Trinajstić information content (AvgIpc) is 3.14. The van der Waals surface area contributed by atoms with E-state index in [0.29, 0.717) is 16.1 Å². The van der Waals surface area contributed by atoms with Gasteiger partial charge in [-0.1, -0.05) is 48.0 Å². The van der Waals surface area contributed by atoms with Gasteiger partial charge < -0.3 is 10.1 Å². The minimum atomic E-state index is -0.156. The number of thioether (sulfide) groups is 2. The molecule has 1 heterocycles. The van der Waals surface area contributed by atoms with Crippen molar-refractivity contribution in [2.75, 3.05) is 18.1 Å². The fourth-order valence-electron chi connectivity index (χ4n) is 2.37. The minimum Gasteiger partial charge on any atom is -0.483 e. The summed E-state index contributed by atoms with van der Waals surface area (Å²) in [7, 11) is 0. The number of ether oxygens (including phenoxy) is 1. The molecule has 0 atom stereocenters. The number of amides is 1. The van der Waals surface area contributed by atoms with Crippen LogP contribution in [-0.2, 0) is 11.3 Å². The van der Waals surface area contributed by atoms with Crippen LogP contribution in [0.4, 0.5) is 0 Å². The van der Waals surface area contributed by atoms with Crippen LogP contribution in [0, 0.1) is 0 Å². The van der Waals surface area contributed by atoms with Gasteiger partial charge in [0.05, 0.1) is 4.58 Å². The number of hydrogen-bond acceptors (Lipinski definition) is 4. The van der Waals surface area contributed by atoms with Gasteiger partial charge in [-0.15, -0.1) is 23.5 Å². The zero-order valence-corrected chi connectivity index (χ0v) is 15.4. The molecule has 0 bridgehead atoms. The highest BCUT2D eigenvalue weighted by atomic mass is 35.5. The van der Waals surface area contributed by atoms with Crippen molar-refractivity contribution in [1.29, 1.82) is 0 Å². The number of halogens is 1. The molecule has 1 amide bonds. The molecule has 6 heteroatoms. The summed E-state index contributed by atoms with van der Waals surface area (Å²) in [4.78, 5) is 12.0. The molecule has 1 aliphatic rings. The third-order valence-corrected chi connectivity index (χ3v) is 7.02. The van der Waals surface area contributed by atoms with Gasteiger partial charge in [-0.25, -0.2) is 0 Å².